The molecular weight excluding hydrogens is 250 g/mol. The van der Waals surface area contributed by atoms with Crippen LogP contribution in [0.3, 0.4) is 0 Å². The van der Waals surface area contributed by atoms with Gasteiger partial charge in [0.1, 0.15) is 5.60 Å². The third kappa shape index (κ3) is 2.96. The largest absolute Gasteiger partial charge is 0.444 e. The fourth-order valence-electron chi connectivity index (χ4n) is 1.93. The summed E-state index contributed by atoms with van der Waals surface area (Å²) < 4.78 is 5.28. The van der Waals surface area contributed by atoms with Gasteiger partial charge in [0, 0.05) is 5.02 Å². The quantitative estimate of drug-likeness (QED) is 0.884. The zero-order valence-electron chi connectivity index (χ0n) is 10.9. The molecule has 0 aromatic heterocycles. The molecule has 1 aromatic carbocycles. The van der Waals surface area contributed by atoms with Gasteiger partial charge in [0.2, 0.25) is 0 Å². The Morgan fingerprint density at radius 3 is 2.44 bits per heavy atom. The van der Waals surface area contributed by atoms with Gasteiger partial charge in [-0.1, -0.05) is 29.8 Å². The summed E-state index contributed by atoms with van der Waals surface area (Å²) in [6.45, 7) is 5.55. The van der Waals surface area contributed by atoms with Crippen LogP contribution in [0.4, 0.5) is 4.79 Å². The Labute approximate surface area is 112 Å². The lowest BCUT2D eigenvalue weighted by atomic mass is 10.1. The lowest BCUT2D eigenvalue weighted by molar-refractivity contribution is 0.0495. The van der Waals surface area contributed by atoms with Crippen LogP contribution in [-0.4, -0.2) is 11.7 Å². The molecule has 0 bridgehead atoms. The molecule has 0 spiro atoms. The minimum atomic E-state index is -0.485. The van der Waals surface area contributed by atoms with Crippen molar-refractivity contribution in [3.63, 3.8) is 0 Å². The van der Waals surface area contributed by atoms with Crippen LogP contribution in [-0.2, 0) is 10.3 Å². The highest BCUT2D eigenvalue weighted by Gasteiger charge is 2.47. The smallest absolute Gasteiger partial charge is 0.408 e. The van der Waals surface area contributed by atoms with E-state index in [0.29, 0.717) is 5.02 Å². The van der Waals surface area contributed by atoms with Crippen LogP contribution >= 0.6 is 11.6 Å². The number of halogens is 1. The third-order valence-electron chi connectivity index (χ3n) is 2.88. The summed E-state index contributed by atoms with van der Waals surface area (Å²) in [5, 5.41) is 3.62. The fraction of sp³-hybridized carbons (Fsp3) is 0.500. The van der Waals surface area contributed by atoms with E-state index in [0.717, 1.165) is 18.4 Å². The molecule has 0 radical (unpaired) electrons. The summed E-state index contributed by atoms with van der Waals surface area (Å²) >= 11 is 6.17. The fourth-order valence-corrected chi connectivity index (χ4v) is 2.25. The summed E-state index contributed by atoms with van der Waals surface area (Å²) in [6, 6.07) is 7.61. The summed E-state index contributed by atoms with van der Waals surface area (Å²) in [5.41, 5.74) is 0.152. The van der Waals surface area contributed by atoms with Crippen molar-refractivity contribution in [3.05, 3.63) is 34.9 Å². The summed E-state index contributed by atoms with van der Waals surface area (Å²) in [6.07, 6.45) is 1.41. The maximum absolute atomic E-state index is 11.8. The minimum Gasteiger partial charge on any atom is -0.444 e. The van der Waals surface area contributed by atoms with Crippen molar-refractivity contribution < 1.29 is 9.53 Å². The molecule has 0 atom stereocenters. The maximum Gasteiger partial charge on any atom is 0.408 e. The molecule has 1 aliphatic carbocycles. The van der Waals surface area contributed by atoms with Crippen molar-refractivity contribution in [2.45, 2.75) is 44.8 Å². The predicted molar refractivity (Wildman–Crippen MR) is 71.7 cm³/mol. The molecule has 1 amide bonds. The zero-order chi connectivity index (χ0) is 13.4. The molecule has 0 unspecified atom stereocenters. The van der Waals surface area contributed by atoms with Crippen molar-refractivity contribution in [1.82, 2.24) is 5.32 Å². The topological polar surface area (TPSA) is 38.3 Å². The van der Waals surface area contributed by atoms with Gasteiger partial charge < -0.3 is 10.1 Å². The van der Waals surface area contributed by atoms with Crippen molar-refractivity contribution in [3.8, 4) is 0 Å². The highest BCUT2D eigenvalue weighted by molar-refractivity contribution is 6.31. The number of hydrogen-bond donors (Lipinski definition) is 1. The van der Waals surface area contributed by atoms with E-state index in [-0.39, 0.29) is 11.6 Å². The molecule has 0 aliphatic heterocycles. The number of ether oxygens (including phenoxy) is 1. The lowest BCUT2D eigenvalue weighted by Crippen LogP contribution is -2.39. The van der Waals surface area contributed by atoms with E-state index in [1.807, 2.05) is 45.0 Å². The van der Waals surface area contributed by atoms with Crippen LogP contribution < -0.4 is 5.32 Å². The first-order valence-electron chi connectivity index (χ1n) is 6.09. The number of rotatable bonds is 2. The van der Waals surface area contributed by atoms with Crippen LogP contribution in [0, 0.1) is 0 Å². The maximum atomic E-state index is 11.8. The van der Waals surface area contributed by atoms with E-state index in [1.165, 1.54) is 0 Å². The second kappa shape index (κ2) is 4.47. The first-order valence-corrected chi connectivity index (χ1v) is 6.46. The standard InChI is InChI=1S/C14H18ClNO2/c1-13(2,3)18-12(17)16-14(8-9-14)10-6-4-5-7-11(10)15/h4-7H,8-9H2,1-3H3,(H,16,17). The Kier molecular flexibility index (Phi) is 3.28. The van der Waals surface area contributed by atoms with Gasteiger partial charge in [-0.15, -0.1) is 0 Å². The first-order chi connectivity index (χ1) is 8.32. The molecular formula is C14H18ClNO2. The molecule has 0 saturated heterocycles. The van der Waals surface area contributed by atoms with Crippen molar-refractivity contribution in [1.29, 1.82) is 0 Å². The van der Waals surface area contributed by atoms with Gasteiger partial charge in [-0.2, -0.15) is 0 Å². The number of carbonyl (C=O) groups excluding carboxylic acids is 1. The molecule has 1 aliphatic rings. The van der Waals surface area contributed by atoms with E-state index in [1.54, 1.807) is 0 Å². The lowest BCUT2D eigenvalue weighted by Gasteiger charge is -2.24. The SMILES string of the molecule is CC(C)(C)OC(=O)NC1(c2ccccc2Cl)CC1. The van der Waals surface area contributed by atoms with Crippen LogP contribution in [0.15, 0.2) is 24.3 Å². The zero-order valence-corrected chi connectivity index (χ0v) is 11.7. The summed E-state index contributed by atoms with van der Waals surface area (Å²) in [4.78, 5) is 11.8. The molecule has 1 saturated carbocycles. The number of hydrogen-bond acceptors (Lipinski definition) is 2. The molecule has 2 rings (SSSR count). The summed E-state index contributed by atoms with van der Waals surface area (Å²) in [5.74, 6) is 0. The average Bonchev–Trinajstić information content (AvgIpc) is 2.96. The van der Waals surface area contributed by atoms with Crippen LogP contribution in [0.1, 0.15) is 39.2 Å². The van der Waals surface area contributed by atoms with Crippen molar-refractivity contribution in [2.24, 2.45) is 0 Å². The van der Waals surface area contributed by atoms with Gasteiger partial charge in [0.25, 0.3) is 0 Å². The molecule has 3 nitrogen and oxygen atoms in total. The van der Waals surface area contributed by atoms with Gasteiger partial charge in [-0.3, -0.25) is 0 Å². The van der Waals surface area contributed by atoms with Gasteiger partial charge in [-0.25, -0.2) is 4.79 Å². The molecule has 1 N–H and O–H groups in total. The van der Waals surface area contributed by atoms with Gasteiger partial charge in [-0.05, 0) is 45.2 Å². The Balaban J connectivity index is 2.10. The van der Waals surface area contributed by atoms with Crippen LogP contribution in [0.5, 0.6) is 0 Å². The Bertz CT molecular complexity index is 461. The molecule has 4 heteroatoms. The third-order valence-corrected chi connectivity index (χ3v) is 3.21. The van der Waals surface area contributed by atoms with E-state index in [9.17, 15) is 4.79 Å². The van der Waals surface area contributed by atoms with Crippen LogP contribution in [0.25, 0.3) is 0 Å². The van der Waals surface area contributed by atoms with E-state index < -0.39 is 5.60 Å². The second-order valence-electron chi connectivity index (χ2n) is 5.69. The highest BCUT2D eigenvalue weighted by Crippen LogP contribution is 2.48. The van der Waals surface area contributed by atoms with Crippen LogP contribution in [0.2, 0.25) is 5.02 Å². The average molecular weight is 268 g/mol. The van der Waals surface area contributed by atoms with E-state index >= 15 is 0 Å². The number of benzene rings is 1. The Hall–Kier alpha value is -1.22. The van der Waals surface area contributed by atoms with Gasteiger partial charge in [0.05, 0.1) is 5.54 Å². The first kappa shape index (κ1) is 13.2. The minimum absolute atomic E-state index is 0.333. The molecule has 1 fully saturated rings. The second-order valence-corrected chi connectivity index (χ2v) is 6.10. The Morgan fingerprint density at radius 1 is 1.33 bits per heavy atom. The monoisotopic (exact) mass is 267 g/mol. The molecule has 0 heterocycles. The normalized spacial score (nSPS) is 17.1. The van der Waals surface area contributed by atoms with E-state index in [2.05, 4.69) is 5.32 Å². The number of alkyl carbamates (subject to hydrolysis) is 1. The summed E-state index contributed by atoms with van der Waals surface area (Å²) in [7, 11) is 0. The number of nitrogens with one attached hydrogen (secondary N) is 1. The molecule has 98 valence electrons. The van der Waals surface area contributed by atoms with Gasteiger partial charge in [0.15, 0.2) is 0 Å². The molecule has 1 aromatic rings. The van der Waals surface area contributed by atoms with Crippen molar-refractivity contribution >= 4 is 17.7 Å². The van der Waals surface area contributed by atoms with Crippen molar-refractivity contribution in [2.75, 3.05) is 0 Å². The Morgan fingerprint density at radius 2 is 1.94 bits per heavy atom. The molecule has 18 heavy (non-hydrogen) atoms. The highest BCUT2D eigenvalue weighted by atomic mass is 35.5. The van der Waals surface area contributed by atoms with E-state index in [4.69, 9.17) is 16.3 Å². The number of carbonyl (C=O) groups is 1. The predicted octanol–water partition coefficient (Wildman–Crippen LogP) is 3.85. The van der Waals surface area contributed by atoms with Gasteiger partial charge >= 0.3 is 6.09 Å². The number of amides is 1.